The van der Waals surface area contributed by atoms with Crippen LogP contribution in [0.5, 0.6) is 0 Å². The molecule has 6 nitrogen and oxygen atoms in total. The minimum Gasteiger partial charge on any atom is -0.377 e. The smallest absolute Gasteiger partial charge is 0.333 e. The van der Waals surface area contributed by atoms with E-state index in [1.807, 2.05) is 0 Å². The van der Waals surface area contributed by atoms with E-state index in [4.69, 9.17) is 9.26 Å². The van der Waals surface area contributed by atoms with Crippen LogP contribution in [0.15, 0.2) is 27.8 Å². The van der Waals surface area contributed by atoms with Gasteiger partial charge in [0.15, 0.2) is 11.6 Å². The topological polar surface area (TPSA) is 62.2 Å². The molecule has 80 valence electrons. The van der Waals surface area contributed by atoms with Crippen molar-refractivity contribution >= 4 is 0 Å². The fourth-order valence-corrected chi connectivity index (χ4v) is 1.26. The van der Waals surface area contributed by atoms with E-state index in [2.05, 4.69) is 5.16 Å². The molecule has 15 heavy (non-hydrogen) atoms. The second-order valence-corrected chi connectivity index (χ2v) is 3.15. The highest BCUT2D eigenvalue weighted by Crippen LogP contribution is 2.07. The summed E-state index contributed by atoms with van der Waals surface area (Å²) in [6.07, 6.45) is 3.30. The summed E-state index contributed by atoms with van der Waals surface area (Å²) in [6.45, 7) is 0.342. The zero-order valence-corrected chi connectivity index (χ0v) is 8.51. The molecule has 2 aromatic rings. The van der Waals surface area contributed by atoms with Crippen LogP contribution in [0.25, 0.3) is 5.82 Å². The Kier molecular flexibility index (Phi) is 2.42. The third-order valence-electron chi connectivity index (χ3n) is 2.03. The molecule has 0 saturated carbocycles. The number of aromatic nitrogens is 3. The van der Waals surface area contributed by atoms with Crippen molar-refractivity contribution in [2.45, 2.75) is 6.61 Å². The van der Waals surface area contributed by atoms with Crippen molar-refractivity contribution in [3.8, 4) is 5.82 Å². The quantitative estimate of drug-likeness (QED) is 0.729. The van der Waals surface area contributed by atoms with E-state index in [-0.39, 0.29) is 5.69 Å². The molecule has 2 heterocycles. The molecule has 0 amide bonds. The van der Waals surface area contributed by atoms with Crippen LogP contribution in [0.2, 0.25) is 0 Å². The molecular formula is C9H11N3O3. The van der Waals surface area contributed by atoms with Crippen molar-refractivity contribution in [1.82, 2.24) is 14.3 Å². The lowest BCUT2D eigenvalue weighted by Crippen LogP contribution is -2.20. The highest BCUT2D eigenvalue weighted by Gasteiger charge is 2.08. The van der Waals surface area contributed by atoms with Crippen LogP contribution >= 0.6 is 0 Å². The van der Waals surface area contributed by atoms with Crippen molar-refractivity contribution in [1.29, 1.82) is 0 Å². The van der Waals surface area contributed by atoms with Crippen molar-refractivity contribution in [3.63, 3.8) is 0 Å². The number of methoxy groups -OCH3 is 1. The molecule has 0 radical (unpaired) electrons. The number of imidazole rings is 1. The van der Waals surface area contributed by atoms with Gasteiger partial charge < -0.3 is 13.8 Å². The molecule has 0 N–H and O–H groups in total. The van der Waals surface area contributed by atoms with E-state index in [0.717, 1.165) is 0 Å². The number of aryl methyl sites for hydroxylation is 1. The van der Waals surface area contributed by atoms with Gasteiger partial charge in [0.2, 0.25) is 0 Å². The Morgan fingerprint density at radius 2 is 2.33 bits per heavy atom. The largest absolute Gasteiger partial charge is 0.377 e. The Balaban J connectivity index is 2.37. The van der Waals surface area contributed by atoms with Gasteiger partial charge in [0.25, 0.3) is 0 Å². The predicted molar refractivity (Wildman–Crippen MR) is 51.8 cm³/mol. The van der Waals surface area contributed by atoms with Gasteiger partial charge in [0.05, 0.1) is 0 Å². The monoisotopic (exact) mass is 209 g/mol. The molecule has 0 aliphatic carbocycles. The first-order valence-electron chi connectivity index (χ1n) is 4.41. The second-order valence-electron chi connectivity index (χ2n) is 3.15. The Morgan fingerprint density at radius 3 is 2.93 bits per heavy atom. The summed E-state index contributed by atoms with van der Waals surface area (Å²) in [5.74, 6) is 1.05. The van der Waals surface area contributed by atoms with E-state index in [9.17, 15) is 4.79 Å². The lowest BCUT2D eigenvalue weighted by Gasteiger charge is -1.91. The summed E-state index contributed by atoms with van der Waals surface area (Å²) in [4.78, 5) is 11.5. The highest BCUT2D eigenvalue weighted by atomic mass is 16.5. The molecule has 6 heteroatoms. The fraction of sp³-hybridized carbons (Fsp3) is 0.333. The van der Waals surface area contributed by atoms with Crippen LogP contribution in [0.1, 0.15) is 5.76 Å². The van der Waals surface area contributed by atoms with Crippen LogP contribution in [-0.4, -0.2) is 21.4 Å². The summed E-state index contributed by atoms with van der Waals surface area (Å²) >= 11 is 0. The molecule has 0 aliphatic heterocycles. The molecule has 0 unspecified atom stereocenters. The Morgan fingerprint density at radius 1 is 1.53 bits per heavy atom. The number of ether oxygens (including phenoxy) is 1. The summed E-state index contributed by atoms with van der Waals surface area (Å²) in [5.41, 5.74) is -0.160. The van der Waals surface area contributed by atoms with Gasteiger partial charge in [-0.2, -0.15) is 0 Å². The third kappa shape index (κ3) is 1.71. The zero-order chi connectivity index (χ0) is 10.8. The lowest BCUT2D eigenvalue weighted by atomic mass is 10.4. The van der Waals surface area contributed by atoms with Crippen LogP contribution in [0.3, 0.4) is 0 Å². The summed E-state index contributed by atoms with van der Waals surface area (Å²) in [7, 11) is 3.24. The van der Waals surface area contributed by atoms with Crippen LogP contribution in [0, 0.1) is 0 Å². The van der Waals surface area contributed by atoms with Gasteiger partial charge in [-0.1, -0.05) is 5.16 Å². The van der Waals surface area contributed by atoms with Crippen molar-refractivity contribution in [3.05, 3.63) is 34.7 Å². The van der Waals surface area contributed by atoms with Gasteiger partial charge in [-0.3, -0.25) is 0 Å². The summed E-state index contributed by atoms with van der Waals surface area (Å²) in [5, 5.41) is 3.77. The summed E-state index contributed by atoms with van der Waals surface area (Å²) < 4.78 is 12.7. The lowest BCUT2D eigenvalue weighted by molar-refractivity contribution is 0.156. The fourth-order valence-electron chi connectivity index (χ4n) is 1.26. The average molecular weight is 209 g/mol. The minimum atomic E-state index is -0.160. The maximum Gasteiger partial charge on any atom is 0.333 e. The molecule has 0 saturated heterocycles. The van der Waals surface area contributed by atoms with Gasteiger partial charge in [-0.05, 0) is 0 Å². The van der Waals surface area contributed by atoms with Crippen molar-refractivity contribution in [2.75, 3.05) is 7.11 Å². The highest BCUT2D eigenvalue weighted by molar-refractivity contribution is 5.21. The molecule has 0 atom stereocenters. The SMILES string of the molecule is COCc1cc(-n2ccn(C)c2=O)no1. The van der Waals surface area contributed by atoms with Crippen LogP contribution in [0.4, 0.5) is 0 Å². The molecule has 0 aromatic carbocycles. The van der Waals surface area contributed by atoms with Gasteiger partial charge >= 0.3 is 5.69 Å². The number of nitrogens with zero attached hydrogens (tertiary/aromatic N) is 3. The van der Waals surface area contributed by atoms with Gasteiger partial charge in [0, 0.05) is 32.6 Å². The third-order valence-corrected chi connectivity index (χ3v) is 2.03. The molecule has 0 bridgehead atoms. The van der Waals surface area contributed by atoms with E-state index in [0.29, 0.717) is 18.2 Å². The average Bonchev–Trinajstić information content (AvgIpc) is 2.77. The minimum absolute atomic E-state index is 0.160. The first kappa shape index (κ1) is 9.72. The Bertz CT molecular complexity index is 509. The normalized spacial score (nSPS) is 10.8. The Labute approximate surface area is 85.7 Å². The second kappa shape index (κ2) is 3.74. The molecule has 2 aromatic heterocycles. The van der Waals surface area contributed by atoms with Crippen molar-refractivity contribution < 1.29 is 9.26 Å². The molecule has 2 rings (SSSR count). The number of hydrogen-bond donors (Lipinski definition) is 0. The first-order chi connectivity index (χ1) is 7.22. The van der Waals surface area contributed by atoms with Gasteiger partial charge in [0.1, 0.15) is 6.61 Å². The molecule has 0 spiro atoms. The first-order valence-corrected chi connectivity index (χ1v) is 4.41. The zero-order valence-electron chi connectivity index (χ0n) is 8.51. The standard InChI is InChI=1S/C9H11N3O3/c1-11-3-4-12(9(11)13)8-5-7(6-14-2)15-10-8/h3-5H,6H2,1-2H3. The predicted octanol–water partition coefficient (Wildman–Crippen LogP) is 0.310. The molecular weight excluding hydrogens is 198 g/mol. The number of rotatable bonds is 3. The van der Waals surface area contributed by atoms with E-state index in [1.54, 1.807) is 32.6 Å². The maximum atomic E-state index is 11.5. The molecule has 0 aliphatic rings. The van der Waals surface area contributed by atoms with Gasteiger partial charge in [-0.15, -0.1) is 0 Å². The van der Waals surface area contributed by atoms with Crippen LogP contribution < -0.4 is 5.69 Å². The van der Waals surface area contributed by atoms with E-state index in [1.165, 1.54) is 9.13 Å². The maximum absolute atomic E-state index is 11.5. The summed E-state index contributed by atoms with van der Waals surface area (Å²) in [6, 6.07) is 1.67. The number of hydrogen-bond acceptors (Lipinski definition) is 4. The van der Waals surface area contributed by atoms with E-state index >= 15 is 0 Å². The Hall–Kier alpha value is -1.82. The van der Waals surface area contributed by atoms with Gasteiger partial charge in [-0.25, -0.2) is 9.36 Å². The van der Waals surface area contributed by atoms with Crippen LogP contribution in [-0.2, 0) is 18.4 Å². The molecule has 0 fully saturated rings. The van der Waals surface area contributed by atoms with E-state index < -0.39 is 0 Å². The van der Waals surface area contributed by atoms with Crippen molar-refractivity contribution in [2.24, 2.45) is 7.05 Å².